The Labute approximate surface area is 147 Å². The van der Waals surface area contributed by atoms with Crippen LogP contribution in [0.15, 0.2) is 48.7 Å². The zero-order chi connectivity index (χ0) is 18.7. The van der Waals surface area contributed by atoms with E-state index in [0.29, 0.717) is 0 Å². The van der Waals surface area contributed by atoms with Crippen LogP contribution in [0.3, 0.4) is 0 Å². The van der Waals surface area contributed by atoms with Crippen molar-refractivity contribution >= 4 is 16.7 Å². The van der Waals surface area contributed by atoms with Gasteiger partial charge in [0.15, 0.2) is 5.69 Å². The maximum absolute atomic E-state index is 12.5. The number of nitrogens with one attached hydrogen (secondary N) is 1. The van der Waals surface area contributed by atoms with Crippen LogP contribution in [0.25, 0.3) is 10.8 Å². The Balaban J connectivity index is 1.60. The second kappa shape index (κ2) is 7.07. The van der Waals surface area contributed by atoms with Gasteiger partial charge in [0.25, 0.3) is 0 Å². The molecule has 0 saturated heterocycles. The third-order valence-corrected chi connectivity index (χ3v) is 3.84. The van der Waals surface area contributed by atoms with Gasteiger partial charge in [0.05, 0.1) is 7.11 Å². The van der Waals surface area contributed by atoms with Gasteiger partial charge in [-0.05, 0) is 40.6 Å². The van der Waals surface area contributed by atoms with Crippen LogP contribution in [0.5, 0.6) is 5.75 Å². The van der Waals surface area contributed by atoms with Crippen molar-refractivity contribution in [3.8, 4) is 5.75 Å². The van der Waals surface area contributed by atoms with E-state index in [-0.39, 0.29) is 13.1 Å². The van der Waals surface area contributed by atoms with Gasteiger partial charge in [-0.3, -0.25) is 9.48 Å². The number of methoxy groups -OCH3 is 1. The predicted octanol–water partition coefficient (Wildman–Crippen LogP) is 3.38. The molecule has 3 rings (SSSR count). The van der Waals surface area contributed by atoms with Crippen molar-refractivity contribution in [3.63, 3.8) is 0 Å². The zero-order valence-electron chi connectivity index (χ0n) is 13.9. The number of hydrogen-bond donors (Lipinski definition) is 1. The monoisotopic (exact) mass is 363 g/mol. The molecule has 0 radical (unpaired) electrons. The van der Waals surface area contributed by atoms with Crippen molar-refractivity contribution in [3.05, 3.63) is 59.9 Å². The Bertz CT molecular complexity index is 935. The van der Waals surface area contributed by atoms with Crippen molar-refractivity contribution in [2.45, 2.75) is 19.3 Å². The van der Waals surface area contributed by atoms with Gasteiger partial charge in [0.2, 0.25) is 5.91 Å². The van der Waals surface area contributed by atoms with E-state index >= 15 is 0 Å². The molecule has 0 spiro atoms. The van der Waals surface area contributed by atoms with E-state index in [0.717, 1.165) is 39.0 Å². The fourth-order valence-corrected chi connectivity index (χ4v) is 2.51. The average Bonchev–Trinajstić information content (AvgIpc) is 3.08. The smallest absolute Gasteiger partial charge is 0.435 e. The number of amides is 1. The van der Waals surface area contributed by atoms with Crippen LogP contribution in [0.4, 0.5) is 13.2 Å². The van der Waals surface area contributed by atoms with Crippen LogP contribution in [0, 0.1) is 0 Å². The SMILES string of the molecule is COc1ccc2cc(CNC(=O)Cn3ccc(C(F)(F)F)n3)ccc2c1. The van der Waals surface area contributed by atoms with E-state index in [4.69, 9.17) is 4.74 Å². The Hall–Kier alpha value is -3.03. The Kier molecular flexibility index (Phi) is 4.83. The van der Waals surface area contributed by atoms with Gasteiger partial charge in [-0.1, -0.05) is 18.2 Å². The molecule has 0 fully saturated rings. The van der Waals surface area contributed by atoms with Crippen LogP contribution in [0.2, 0.25) is 0 Å². The van der Waals surface area contributed by atoms with E-state index in [9.17, 15) is 18.0 Å². The summed E-state index contributed by atoms with van der Waals surface area (Å²) in [5.74, 6) is 0.340. The minimum Gasteiger partial charge on any atom is -0.497 e. The Morgan fingerprint density at radius 2 is 1.88 bits per heavy atom. The number of fused-ring (bicyclic) bond motifs is 1. The number of hydrogen-bond acceptors (Lipinski definition) is 3. The van der Waals surface area contributed by atoms with Crippen molar-refractivity contribution in [1.82, 2.24) is 15.1 Å². The van der Waals surface area contributed by atoms with Gasteiger partial charge in [-0.2, -0.15) is 18.3 Å². The van der Waals surface area contributed by atoms with Crippen LogP contribution < -0.4 is 10.1 Å². The quantitative estimate of drug-likeness (QED) is 0.756. The first-order chi connectivity index (χ1) is 12.3. The maximum atomic E-state index is 12.5. The highest BCUT2D eigenvalue weighted by Crippen LogP contribution is 2.27. The molecule has 0 aliphatic carbocycles. The highest BCUT2D eigenvalue weighted by molar-refractivity contribution is 5.84. The standard InChI is InChI=1S/C18H16F3N3O2/c1-26-15-5-4-13-8-12(2-3-14(13)9-15)10-22-17(25)11-24-7-6-16(23-24)18(19,20)21/h2-9H,10-11H2,1H3,(H,22,25). The third kappa shape index (κ3) is 4.14. The summed E-state index contributed by atoms with van der Waals surface area (Å²) in [5.41, 5.74) is -0.136. The predicted molar refractivity (Wildman–Crippen MR) is 89.6 cm³/mol. The molecule has 1 heterocycles. The minimum absolute atomic E-state index is 0.272. The van der Waals surface area contributed by atoms with Crippen LogP contribution >= 0.6 is 0 Å². The van der Waals surface area contributed by atoms with Crippen molar-refractivity contribution in [2.75, 3.05) is 7.11 Å². The molecule has 1 N–H and O–H groups in total. The van der Waals surface area contributed by atoms with Crippen LogP contribution in [-0.2, 0) is 24.1 Å². The number of carbonyl (C=O) groups is 1. The maximum Gasteiger partial charge on any atom is 0.435 e. The van der Waals surface area contributed by atoms with Gasteiger partial charge in [-0.25, -0.2) is 0 Å². The summed E-state index contributed by atoms with van der Waals surface area (Å²) in [6.07, 6.45) is -3.39. The van der Waals surface area contributed by atoms with Crippen molar-refractivity contribution < 1.29 is 22.7 Å². The summed E-state index contributed by atoms with van der Waals surface area (Å²) in [6.45, 7) is -0.00490. The van der Waals surface area contributed by atoms with Gasteiger partial charge in [-0.15, -0.1) is 0 Å². The molecule has 0 aliphatic heterocycles. The highest BCUT2D eigenvalue weighted by atomic mass is 19.4. The third-order valence-electron chi connectivity index (χ3n) is 3.84. The molecule has 0 unspecified atom stereocenters. The molecule has 1 aromatic heterocycles. The Morgan fingerprint density at radius 3 is 2.58 bits per heavy atom. The summed E-state index contributed by atoms with van der Waals surface area (Å²) < 4.78 is 43.6. The summed E-state index contributed by atoms with van der Waals surface area (Å²) >= 11 is 0. The zero-order valence-corrected chi connectivity index (χ0v) is 13.9. The van der Waals surface area contributed by atoms with E-state index in [1.54, 1.807) is 7.11 Å². The first kappa shape index (κ1) is 17.8. The second-order valence-corrected chi connectivity index (χ2v) is 5.72. The lowest BCUT2D eigenvalue weighted by Gasteiger charge is -2.08. The van der Waals surface area contributed by atoms with Crippen molar-refractivity contribution in [1.29, 1.82) is 0 Å². The second-order valence-electron chi connectivity index (χ2n) is 5.72. The van der Waals surface area contributed by atoms with Gasteiger partial charge in [0.1, 0.15) is 12.3 Å². The molecular weight excluding hydrogens is 347 g/mol. The summed E-state index contributed by atoms with van der Waals surface area (Å²) in [4.78, 5) is 11.9. The number of aromatic nitrogens is 2. The summed E-state index contributed by atoms with van der Waals surface area (Å²) in [5, 5.41) is 8.04. The highest BCUT2D eigenvalue weighted by Gasteiger charge is 2.33. The molecule has 0 atom stereocenters. The molecule has 2 aromatic carbocycles. The lowest BCUT2D eigenvalue weighted by Crippen LogP contribution is -2.27. The average molecular weight is 363 g/mol. The first-order valence-electron chi connectivity index (χ1n) is 7.79. The molecule has 0 bridgehead atoms. The largest absolute Gasteiger partial charge is 0.497 e. The fourth-order valence-electron chi connectivity index (χ4n) is 2.51. The summed E-state index contributed by atoms with van der Waals surface area (Å²) in [6, 6.07) is 12.2. The topological polar surface area (TPSA) is 56.1 Å². The molecule has 26 heavy (non-hydrogen) atoms. The summed E-state index contributed by atoms with van der Waals surface area (Å²) in [7, 11) is 1.60. The fraction of sp³-hybridized carbons (Fsp3) is 0.222. The van der Waals surface area contributed by atoms with E-state index < -0.39 is 17.8 Å². The van der Waals surface area contributed by atoms with E-state index in [1.165, 1.54) is 0 Å². The van der Waals surface area contributed by atoms with E-state index in [1.807, 2.05) is 36.4 Å². The number of alkyl halides is 3. The van der Waals surface area contributed by atoms with Gasteiger partial charge in [0, 0.05) is 12.7 Å². The molecule has 1 amide bonds. The number of nitrogens with zero attached hydrogens (tertiary/aromatic N) is 2. The Morgan fingerprint density at radius 1 is 1.15 bits per heavy atom. The van der Waals surface area contributed by atoms with Crippen LogP contribution in [0.1, 0.15) is 11.3 Å². The molecule has 8 heteroatoms. The number of halogens is 3. The number of benzene rings is 2. The number of rotatable bonds is 5. The molecule has 5 nitrogen and oxygen atoms in total. The van der Waals surface area contributed by atoms with Gasteiger partial charge >= 0.3 is 6.18 Å². The minimum atomic E-state index is -4.52. The number of carbonyl (C=O) groups excluding carboxylic acids is 1. The van der Waals surface area contributed by atoms with Gasteiger partial charge < -0.3 is 10.1 Å². The molecular formula is C18H16F3N3O2. The molecule has 0 saturated carbocycles. The first-order valence-corrected chi connectivity index (χ1v) is 7.79. The van der Waals surface area contributed by atoms with E-state index in [2.05, 4.69) is 10.4 Å². The number of ether oxygens (including phenoxy) is 1. The lowest BCUT2D eigenvalue weighted by atomic mass is 10.1. The molecule has 3 aromatic rings. The molecule has 0 aliphatic rings. The normalized spacial score (nSPS) is 11.5. The molecule has 136 valence electrons. The van der Waals surface area contributed by atoms with Crippen LogP contribution in [-0.4, -0.2) is 22.8 Å². The van der Waals surface area contributed by atoms with Crippen molar-refractivity contribution in [2.24, 2.45) is 0 Å². The lowest BCUT2D eigenvalue weighted by molar-refractivity contribution is -0.141.